The van der Waals surface area contributed by atoms with E-state index in [4.69, 9.17) is 16.3 Å². The molecule has 0 radical (unpaired) electrons. The van der Waals surface area contributed by atoms with Crippen molar-refractivity contribution in [2.45, 2.75) is 13.5 Å². The van der Waals surface area contributed by atoms with Crippen LogP contribution in [0.3, 0.4) is 0 Å². The van der Waals surface area contributed by atoms with Gasteiger partial charge in [-0.1, -0.05) is 30.3 Å². The van der Waals surface area contributed by atoms with E-state index in [0.717, 1.165) is 55.6 Å². The summed E-state index contributed by atoms with van der Waals surface area (Å²) in [6.07, 6.45) is 3.48. The number of halogens is 1. The average molecular weight is 492 g/mol. The van der Waals surface area contributed by atoms with Crippen LogP contribution in [-0.4, -0.2) is 58.8 Å². The number of amides is 1. The lowest BCUT2D eigenvalue weighted by molar-refractivity contribution is 0.197. The Morgan fingerprint density at radius 1 is 1.06 bits per heavy atom. The molecule has 1 amide bonds. The first kappa shape index (κ1) is 23.5. The van der Waals surface area contributed by atoms with Crippen LogP contribution >= 0.6 is 11.6 Å². The lowest BCUT2D eigenvalue weighted by atomic mass is 10.0. The van der Waals surface area contributed by atoms with Gasteiger partial charge < -0.3 is 14.5 Å². The van der Waals surface area contributed by atoms with Crippen molar-refractivity contribution in [2.75, 3.05) is 38.1 Å². The van der Waals surface area contributed by atoms with Gasteiger partial charge in [0.15, 0.2) is 0 Å². The van der Waals surface area contributed by atoms with Crippen molar-refractivity contribution in [3.8, 4) is 11.5 Å². The summed E-state index contributed by atoms with van der Waals surface area (Å²) in [6.45, 7) is 10.3. The SMILES string of the molecule is C=C(C)N(C)c1cnn(C(=O)N2CC3CN(Cc4ccc(Oc5ccc(Cl)cc5)cc4)CC3C2)c1. The highest BCUT2D eigenvalue weighted by atomic mass is 35.5. The van der Waals surface area contributed by atoms with Crippen molar-refractivity contribution in [3.63, 3.8) is 0 Å². The molecule has 2 saturated heterocycles. The maximum Gasteiger partial charge on any atom is 0.344 e. The number of allylic oxidation sites excluding steroid dienone is 1. The molecule has 0 spiro atoms. The highest BCUT2D eigenvalue weighted by molar-refractivity contribution is 6.30. The van der Waals surface area contributed by atoms with E-state index < -0.39 is 0 Å². The average Bonchev–Trinajstić information content (AvgIpc) is 3.56. The highest BCUT2D eigenvalue weighted by Crippen LogP contribution is 2.33. The maximum atomic E-state index is 13.0. The minimum atomic E-state index is -0.0522. The van der Waals surface area contributed by atoms with Crippen LogP contribution in [0.5, 0.6) is 11.5 Å². The summed E-state index contributed by atoms with van der Waals surface area (Å²) in [5.41, 5.74) is 3.02. The molecule has 0 saturated carbocycles. The highest BCUT2D eigenvalue weighted by Gasteiger charge is 2.41. The second-order valence-electron chi connectivity index (χ2n) is 9.54. The molecule has 2 aromatic carbocycles. The zero-order valence-corrected chi connectivity index (χ0v) is 20.9. The third kappa shape index (κ3) is 5.21. The lowest BCUT2D eigenvalue weighted by Gasteiger charge is -2.21. The number of aromatic nitrogens is 2. The van der Waals surface area contributed by atoms with E-state index in [-0.39, 0.29) is 6.03 Å². The van der Waals surface area contributed by atoms with E-state index in [1.807, 2.05) is 60.2 Å². The molecule has 5 rings (SSSR count). The quantitative estimate of drug-likeness (QED) is 0.466. The number of hydrogen-bond donors (Lipinski definition) is 0. The van der Waals surface area contributed by atoms with Gasteiger partial charge in [-0.25, -0.2) is 4.79 Å². The summed E-state index contributed by atoms with van der Waals surface area (Å²) in [4.78, 5) is 19.3. The molecule has 7 nitrogen and oxygen atoms in total. The van der Waals surface area contributed by atoms with Gasteiger partial charge in [0.1, 0.15) is 11.5 Å². The molecular formula is C27H30ClN5O2. The third-order valence-corrected chi connectivity index (χ3v) is 7.19. The Morgan fingerprint density at radius 3 is 2.26 bits per heavy atom. The molecule has 0 bridgehead atoms. The molecule has 35 heavy (non-hydrogen) atoms. The number of carbonyl (C=O) groups excluding carboxylic acids is 1. The van der Waals surface area contributed by atoms with E-state index in [1.54, 1.807) is 12.4 Å². The first-order valence-corrected chi connectivity index (χ1v) is 12.2. The van der Waals surface area contributed by atoms with Crippen molar-refractivity contribution in [2.24, 2.45) is 11.8 Å². The fraction of sp³-hybridized carbons (Fsp3) is 0.333. The van der Waals surface area contributed by atoms with E-state index in [2.05, 4.69) is 28.7 Å². The molecule has 3 heterocycles. The fourth-order valence-electron chi connectivity index (χ4n) is 4.89. The summed E-state index contributed by atoms with van der Waals surface area (Å²) < 4.78 is 7.34. The number of carbonyl (C=O) groups is 1. The van der Waals surface area contributed by atoms with Gasteiger partial charge in [0.05, 0.1) is 18.1 Å². The van der Waals surface area contributed by atoms with Crippen LogP contribution in [0.25, 0.3) is 0 Å². The van der Waals surface area contributed by atoms with Crippen molar-refractivity contribution in [1.82, 2.24) is 19.6 Å². The lowest BCUT2D eigenvalue weighted by Crippen LogP contribution is -2.36. The minimum Gasteiger partial charge on any atom is -0.457 e. The fourth-order valence-corrected chi connectivity index (χ4v) is 5.02. The Balaban J connectivity index is 1.12. The molecule has 0 aliphatic carbocycles. The van der Waals surface area contributed by atoms with Crippen molar-refractivity contribution >= 4 is 23.3 Å². The molecule has 2 unspecified atom stereocenters. The Kier molecular flexibility index (Phi) is 6.54. The van der Waals surface area contributed by atoms with Crippen molar-refractivity contribution in [3.05, 3.63) is 83.8 Å². The van der Waals surface area contributed by atoms with Gasteiger partial charge in [-0.05, 0) is 60.7 Å². The van der Waals surface area contributed by atoms with Crippen LogP contribution in [0.15, 0.2) is 73.2 Å². The zero-order chi connectivity index (χ0) is 24.5. The van der Waals surface area contributed by atoms with Gasteiger partial charge in [-0.2, -0.15) is 9.78 Å². The van der Waals surface area contributed by atoms with E-state index in [0.29, 0.717) is 16.9 Å². The Bertz CT molecular complexity index is 1190. The number of ether oxygens (including phenoxy) is 1. The molecular weight excluding hydrogens is 462 g/mol. The number of anilines is 1. The molecule has 2 atom stereocenters. The van der Waals surface area contributed by atoms with Gasteiger partial charge >= 0.3 is 6.03 Å². The van der Waals surface area contributed by atoms with Crippen molar-refractivity contribution in [1.29, 1.82) is 0 Å². The summed E-state index contributed by atoms with van der Waals surface area (Å²) in [5.74, 6) is 2.57. The second-order valence-corrected chi connectivity index (χ2v) is 9.98. The van der Waals surface area contributed by atoms with Crippen LogP contribution in [0, 0.1) is 11.8 Å². The molecule has 182 valence electrons. The second kappa shape index (κ2) is 9.76. The van der Waals surface area contributed by atoms with Gasteiger partial charge in [0.2, 0.25) is 0 Å². The van der Waals surface area contributed by atoms with Crippen molar-refractivity contribution < 1.29 is 9.53 Å². The number of likely N-dealkylation sites (tertiary alicyclic amines) is 2. The van der Waals surface area contributed by atoms with Gasteiger partial charge in [0, 0.05) is 50.5 Å². The standard InChI is InChI=1S/C27H30ClN5O2/c1-19(2)30(3)24-12-29-33(18-24)27(34)32-16-21-14-31(15-22(21)17-32)13-20-4-8-25(9-5-20)35-26-10-6-23(28)7-11-26/h4-12,18,21-22H,1,13-17H2,2-3H3. The van der Waals surface area contributed by atoms with E-state index in [1.165, 1.54) is 10.2 Å². The summed E-state index contributed by atoms with van der Waals surface area (Å²) in [6, 6.07) is 15.5. The summed E-state index contributed by atoms with van der Waals surface area (Å²) in [7, 11) is 1.92. The van der Waals surface area contributed by atoms with Gasteiger partial charge in [-0.3, -0.25) is 4.90 Å². The smallest absolute Gasteiger partial charge is 0.344 e. The third-order valence-electron chi connectivity index (χ3n) is 6.94. The number of nitrogens with zero attached hydrogens (tertiary/aromatic N) is 5. The molecule has 2 aliphatic rings. The zero-order valence-electron chi connectivity index (χ0n) is 20.1. The number of hydrogen-bond acceptors (Lipinski definition) is 5. The predicted octanol–water partition coefficient (Wildman–Crippen LogP) is 5.33. The molecule has 2 fully saturated rings. The van der Waals surface area contributed by atoms with Crippen LogP contribution in [0.4, 0.5) is 10.5 Å². The molecule has 0 N–H and O–H groups in total. The van der Waals surface area contributed by atoms with Gasteiger partial charge in [0.25, 0.3) is 0 Å². The van der Waals surface area contributed by atoms with Crippen LogP contribution in [0.2, 0.25) is 5.02 Å². The first-order chi connectivity index (χ1) is 16.9. The minimum absolute atomic E-state index is 0.0522. The van der Waals surface area contributed by atoms with Crippen LogP contribution in [-0.2, 0) is 6.54 Å². The Labute approximate surface area is 211 Å². The number of benzene rings is 2. The Hall–Kier alpha value is -3.29. The predicted molar refractivity (Wildman–Crippen MR) is 138 cm³/mol. The molecule has 3 aromatic rings. The normalized spacial score (nSPS) is 19.6. The summed E-state index contributed by atoms with van der Waals surface area (Å²) in [5, 5.41) is 4.97. The van der Waals surface area contributed by atoms with Gasteiger partial charge in [-0.15, -0.1) is 0 Å². The monoisotopic (exact) mass is 491 g/mol. The Morgan fingerprint density at radius 2 is 1.66 bits per heavy atom. The number of fused-ring (bicyclic) bond motifs is 1. The van der Waals surface area contributed by atoms with E-state index in [9.17, 15) is 4.79 Å². The largest absolute Gasteiger partial charge is 0.457 e. The molecule has 1 aromatic heterocycles. The van der Waals surface area contributed by atoms with Crippen LogP contribution in [0.1, 0.15) is 12.5 Å². The molecule has 2 aliphatic heterocycles. The van der Waals surface area contributed by atoms with Crippen LogP contribution < -0.4 is 9.64 Å². The number of rotatable bonds is 6. The molecule has 8 heteroatoms. The summed E-state index contributed by atoms with van der Waals surface area (Å²) >= 11 is 5.94. The maximum absolute atomic E-state index is 13.0. The van der Waals surface area contributed by atoms with E-state index >= 15 is 0 Å². The topological polar surface area (TPSA) is 53.8 Å². The first-order valence-electron chi connectivity index (χ1n) is 11.8.